The predicted molar refractivity (Wildman–Crippen MR) is 75.2 cm³/mol. The van der Waals surface area contributed by atoms with Gasteiger partial charge in [0.2, 0.25) is 0 Å². The Bertz CT molecular complexity index is 560. The van der Waals surface area contributed by atoms with Crippen molar-refractivity contribution in [1.82, 2.24) is 4.98 Å². The lowest BCUT2D eigenvalue weighted by Crippen LogP contribution is -2.42. The third-order valence-electron chi connectivity index (χ3n) is 4.58. The van der Waals surface area contributed by atoms with Crippen molar-refractivity contribution in [3.05, 3.63) is 28.4 Å². The molecule has 7 heteroatoms. The van der Waals surface area contributed by atoms with Gasteiger partial charge in [-0.2, -0.15) is 0 Å². The summed E-state index contributed by atoms with van der Waals surface area (Å²) in [5.41, 5.74) is -0.0787. The average molecular weight is 291 g/mol. The van der Waals surface area contributed by atoms with Crippen LogP contribution in [0.25, 0.3) is 0 Å². The first-order valence-corrected chi connectivity index (χ1v) is 7.19. The zero-order valence-corrected chi connectivity index (χ0v) is 11.5. The van der Waals surface area contributed by atoms with E-state index in [1.807, 2.05) is 4.90 Å². The van der Waals surface area contributed by atoms with Crippen molar-refractivity contribution < 1.29 is 14.8 Å². The highest BCUT2D eigenvalue weighted by molar-refractivity contribution is 5.79. The fourth-order valence-corrected chi connectivity index (χ4v) is 3.65. The maximum absolute atomic E-state index is 11.5. The van der Waals surface area contributed by atoms with E-state index in [9.17, 15) is 20.0 Å². The Morgan fingerprint density at radius 2 is 2.14 bits per heavy atom. The summed E-state index contributed by atoms with van der Waals surface area (Å²) in [7, 11) is 0. The molecule has 3 rings (SSSR count). The number of anilines is 1. The summed E-state index contributed by atoms with van der Waals surface area (Å²) in [4.78, 5) is 27.7. The van der Waals surface area contributed by atoms with Crippen LogP contribution in [0.3, 0.4) is 0 Å². The first kappa shape index (κ1) is 13.8. The summed E-state index contributed by atoms with van der Waals surface area (Å²) in [6, 6.07) is 2.56. The fourth-order valence-electron chi connectivity index (χ4n) is 3.65. The molecule has 1 saturated heterocycles. The van der Waals surface area contributed by atoms with Gasteiger partial charge in [-0.3, -0.25) is 10.1 Å². The van der Waals surface area contributed by atoms with Crippen LogP contribution in [0.5, 0.6) is 0 Å². The van der Waals surface area contributed by atoms with Gasteiger partial charge in [0.15, 0.2) is 0 Å². The maximum atomic E-state index is 11.5. The second kappa shape index (κ2) is 5.31. The van der Waals surface area contributed by atoms with Crippen LogP contribution in [0.15, 0.2) is 18.3 Å². The number of carboxylic acids is 1. The first-order chi connectivity index (χ1) is 10.1. The van der Waals surface area contributed by atoms with Gasteiger partial charge in [0.25, 0.3) is 5.69 Å². The number of carbonyl (C=O) groups is 1. The summed E-state index contributed by atoms with van der Waals surface area (Å²) < 4.78 is 0. The molecule has 1 N–H and O–H groups in total. The number of carboxylic acid groups (broad SMARTS) is 1. The number of rotatable bonds is 3. The highest BCUT2D eigenvalue weighted by Crippen LogP contribution is 2.41. The molecule has 2 aliphatic rings. The van der Waals surface area contributed by atoms with Crippen LogP contribution < -0.4 is 4.90 Å². The van der Waals surface area contributed by atoms with Crippen molar-refractivity contribution in [2.75, 3.05) is 4.90 Å². The Hall–Kier alpha value is -2.18. The van der Waals surface area contributed by atoms with Crippen LogP contribution >= 0.6 is 0 Å². The Kier molecular flexibility index (Phi) is 3.48. The first-order valence-electron chi connectivity index (χ1n) is 7.19. The van der Waals surface area contributed by atoms with E-state index in [4.69, 9.17) is 0 Å². The van der Waals surface area contributed by atoms with Gasteiger partial charge < -0.3 is 10.0 Å². The molecule has 1 aromatic heterocycles. The maximum Gasteiger partial charge on any atom is 0.326 e. The van der Waals surface area contributed by atoms with Crippen LogP contribution in [-0.4, -0.2) is 33.1 Å². The van der Waals surface area contributed by atoms with Gasteiger partial charge in [-0.15, -0.1) is 0 Å². The molecule has 0 amide bonds. The molecule has 21 heavy (non-hydrogen) atoms. The zero-order valence-electron chi connectivity index (χ0n) is 11.5. The Balaban J connectivity index is 1.92. The number of pyridine rings is 1. The van der Waals surface area contributed by atoms with Crippen molar-refractivity contribution in [3.63, 3.8) is 0 Å². The Morgan fingerprint density at radius 3 is 2.76 bits per heavy atom. The summed E-state index contributed by atoms with van der Waals surface area (Å²) in [6.07, 6.45) is 6.10. The van der Waals surface area contributed by atoms with Crippen molar-refractivity contribution in [2.24, 2.45) is 5.92 Å². The molecular formula is C14H17N3O4. The van der Waals surface area contributed by atoms with E-state index >= 15 is 0 Å². The van der Waals surface area contributed by atoms with Gasteiger partial charge in [0, 0.05) is 12.1 Å². The minimum Gasteiger partial charge on any atom is -0.480 e. The summed E-state index contributed by atoms with van der Waals surface area (Å²) in [5, 5.41) is 20.1. The molecule has 3 atom stereocenters. The summed E-state index contributed by atoms with van der Waals surface area (Å²) >= 11 is 0. The molecule has 0 spiro atoms. The summed E-state index contributed by atoms with van der Waals surface area (Å²) in [6.45, 7) is 0. The number of hydrogen-bond acceptors (Lipinski definition) is 5. The Morgan fingerprint density at radius 1 is 1.38 bits per heavy atom. The molecule has 7 nitrogen and oxygen atoms in total. The Labute approximate surface area is 121 Å². The van der Waals surface area contributed by atoms with E-state index in [-0.39, 0.29) is 11.7 Å². The topological polar surface area (TPSA) is 96.6 Å². The molecule has 3 unspecified atom stereocenters. The lowest BCUT2D eigenvalue weighted by Gasteiger charge is -2.33. The van der Waals surface area contributed by atoms with E-state index in [0.29, 0.717) is 18.2 Å². The molecule has 2 heterocycles. The van der Waals surface area contributed by atoms with Crippen molar-refractivity contribution in [2.45, 2.75) is 44.2 Å². The van der Waals surface area contributed by atoms with E-state index in [1.54, 1.807) is 6.07 Å². The average Bonchev–Trinajstić information content (AvgIpc) is 2.87. The largest absolute Gasteiger partial charge is 0.480 e. The standard InChI is InChI=1S/C14H17N3O4/c18-14(19)12-7-9-3-1-2-4-11(9)16(12)13-6-5-10(8-15-13)17(20)21/h5-6,8-9,11-12H,1-4,7H2,(H,18,19). The van der Waals surface area contributed by atoms with Gasteiger partial charge in [0.05, 0.1) is 4.92 Å². The third kappa shape index (κ3) is 2.43. The number of nitrogens with zero attached hydrogens (tertiary/aromatic N) is 3. The number of hydrogen-bond donors (Lipinski definition) is 1. The van der Waals surface area contributed by atoms with Crippen LogP contribution in [-0.2, 0) is 4.79 Å². The fraction of sp³-hybridized carbons (Fsp3) is 0.571. The second-order valence-corrected chi connectivity index (χ2v) is 5.74. The quantitative estimate of drug-likeness (QED) is 0.677. The van der Waals surface area contributed by atoms with Crippen molar-refractivity contribution in [1.29, 1.82) is 0 Å². The predicted octanol–water partition coefficient (Wildman–Crippen LogP) is 2.21. The van der Waals surface area contributed by atoms with Crippen molar-refractivity contribution in [3.8, 4) is 0 Å². The monoisotopic (exact) mass is 291 g/mol. The van der Waals surface area contributed by atoms with Gasteiger partial charge >= 0.3 is 5.97 Å². The van der Waals surface area contributed by atoms with E-state index in [2.05, 4.69) is 4.98 Å². The van der Waals surface area contributed by atoms with Gasteiger partial charge in [0.1, 0.15) is 18.1 Å². The van der Waals surface area contributed by atoms with Gasteiger partial charge in [-0.1, -0.05) is 12.8 Å². The molecule has 112 valence electrons. The van der Waals surface area contributed by atoms with Gasteiger partial charge in [-0.05, 0) is 31.2 Å². The highest BCUT2D eigenvalue weighted by atomic mass is 16.6. The van der Waals surface area contributed by atoms with Crippen LogP contribution in [0.1, 0.15) is 32.1 Å². The normalized spacial score (nSPS) is 28.2. The van der Waals surface area contributed by atoms with E-state index in [0.717, 1.165) is 25.7 Å². The second-order valence-electron chi connectivity index (χ2n) is 5.74. The molecule has 1 saturated carbocycles. The van der Waals surface area contributed by atoms with Crippen molar-refractivity contribution >= 4 is 17.5 Å². The molecule has 1 aliphatic carbocycles. The molecule has 0 aromatic carbocycles. The lowest BCUT2D eigenvalue weighted by molar-refractivity contribution is -0.385. The molecule has 2 fully saturated rings. The molecule has 0 radical (unpaired) electrons. The van der Waals surface area contributed by atoms with E-state index < -0.39 is 16.9 Å². The SMILES string of the molecule is O=C(O)C1CC2CCCCC2N1c1ccc([N+](=O)[O-])cn1. The van der Waals surface area contributed by atoms with Gasteiger partial charge in [-0.25, -0.2) is 9.78 Å². The van der Waals surface area contributed by atoms with Crippen LogP contribution in [0.4, 0.5) is 11.5 Å². The summed E-state index contributed by atoms with van der Waals surface area (Å²) in [5.74, 6) is 0.0730. The minimum absolute atomic E-state index is 0.0787. The molecule has 1 aliphatic heterocycles. The van der Waals surface area contributed by atoms with Crippen LogP contribution in [0.2, 0.25) is 0 Å². The van der Waals surface area contributed by atoms with Crippen LogP contribution in [0, 0.1) is 16.0 Å². The third-order valence-corrected chi connectivity index (χ3v) is 4.58. The smallest absolute Gasteiger partial charge is 0.326 e. The lowest BCUT2D eigenvalue weighted by atomic mass is 9.85. The number of nitro groups is 1. The molecule has 0 bridgehead atoms. The highest BCUT2D eigenvalue weighted by Gasteiger charge is 2.45. The number of aromatic nitrogens is 1. The van der Waals surface area contributed by atoms with E-state index in [1.165, 1.54) is 12.3 Å². The number of fused-ring (bicyclic) bond motifs is 1. The zero-order chi connectivity index (χ0) is 15.0. The molecular weight excluding hydrogens is 274 g/mol. The minimum atomic E-state index is -0.843. The molecule has 1 aromatic rings. The number of aliphatic carboxylic acids is 1.